The lowest BCUT2D eigenvalue weighted by atomic mass is 10.1. The summed E-state index contributed by atoms with van der Waals surface area (Å²) in [7, 11) is 1.51. The van der Waals surface area contributed by atoms with Gasteiger partial charge in [0.1, 0.15) is 6.54 Å². The highest BCUT2D eigenvalue weighted by atomic mass is 16.4. The summed E-state index contributed by atoms with van der Waals surface area (Å²) in [4.78, 5) is 23.3. The van der Waals surface area contributed by atoms with Gasteiger partial charge in [-0.05, 0) is 18.9 Å². The zero-order valence-electron chi connectivity index (χ0n) is 10.1. The summed E-state index contributed by atoms with van der Waals surface area (Å²) in [5.41, 5.74) is 2.26. The summed E-state index contributed by atoms with van der Waals surface area (Å²) in [6, 6.07) is 7.96. The Morgan fingerprint density at radius 1 is 1.35 bits per heavy atom. The highest BCUT2D eigenvalue weighted by molar-refractivity contribution is 5.81. The van der Waals surface area contributed by atoms with E-state index in [0.717, 1.165) is 11.1 Å². The van der Waals surface area contributed by atoms with Gasteiger partial charge in [-0.1, -0.05) is 29.8 Å². The summed E-state index contributed by atoms with van der Waals surface area (Å²) in [5.74, 6) is -1.13. The van der Waals surface area contributed by atoms with Crippen molar-refractivity contribution in [3.63, 3.8) is 0 Å². The number of amides is 1. The smallest absolute Gasteiger partial charge is 0.323 e. The summed E-state index contributed by atoms with van der Waals surface area (Å²) in [5, 5.41) is 8.56. The Bertz CT molecular complexity index is 415. The lowest BCUT2D eigenvalue weighted by molar-refractivity contribution is -0.143. The number of carbonyl (C=O) groups excluding carboxylic acids is 1. The van der Waals surface area contributed by atoms with Crippen LogP contribution in [0.15, 0.2) is 24.3 Å². The van der Waals surface area contributed by atoms with Crippen molar-refractivity contribution in [1.82, 2.24) is 4.90 Å². The van der Waals surface area contributed by atoms with Crippen LogP contribution in [0.1, 0.15) is 17.5 Å². The van der Waals surface area contributed by atoms with Crippen LogP contribution in [0.2, 0.25) is 0 Å². The molecule has 0 aliphatic rings. The lowest BCUT2D eigenvalue weighted by Gasteiger charge is -2.14. The second kappa shape index (κ2) is 6.03. The van der Waals surface area contributed by atoms with Crippen LogP contribution in [-0.4, -0.2) is 35.5 Å². The van der Waals surface area contributed by atoms with E-state index in [4.69, 9.17) is 5.11 Å². The minimum absolute atomic E-state index is 0.145. The second-order valence-corrected chi connectivity index (χ2v) is 4.13. The van der Waals surface area contributed by atoms with Gasteiger partial charge in [-0.3, -0.25) is 9.59 Å². The fourth-order valence-electron chi connectivity index (χ4n) is 1.60. The molecule has 0 aliphatic carbocycles. The van der Waals surface area contributed by atoms with Crippen LogP contribution < -0.4 is 0 Å². The minimum atomic E-state index is -0.989. The molecule has 4 nitrogen and oxygen atoms in total. The van der Waals surface area contributed by atoms with Gasteiger partial charge in [-0.25, -0.2) is 0 Å². The van der Waals surface area contributed by atoms with Gasteiger partial charge >= 0.3 is 5.97 Å². The van der Waals surface area contributed by atoms with E-state index in [2.05, 4.69) is 0 Å². The Morgan fingerprint density at radius 3 is 2.65 bits per heavy atom. The Labute approximate surface area is 101 Å². The molecule has 0 saturated carbocycles. The molecule has 1 rings (SSSR count). The average molecular weight is 235 g/mol. The highest BCUT2D eigenvalue weighted by Crippen LogP contribution is 2.07. The third-order valence-corrected chi connectivity index (χ3v) is 2.51. The molecule has 0 aliphatic heterocycles. The normalized spacial score (nSPS) is 10.0. The third kappa shape index (κ3) is 4.68. The largest absolute Gasteiger partial charge is 0.480 e. The molecule has 0 unspecified atom stereocenters. The molecular weight excluding hydrogens is 218 g/mol. The first-order valence-corrected chi connectivity index (χ1v) is 5.50. The molecule has 4 heteroatoms. The molecule has 17 heavy (non-hydrogen) atoms. The standard InChI is InChI=1S/C13H17NO3/c1-10-4-3-5-11(8-10)6-7-12(15)14(2)9-13(16)17/h3-5,8H,6-7,9H2,1-2H3,(H,16,17). The molecule has 0 fully saturated rings. The number of carboxylic acids is 1. The number of rotatable bonds is 5. The van der Waals surface area contributed by atoms with E-state index in [-0.39, 0.29) is 12.5 Å². The van der Waals surface area contributed by atoms with Gasteiger partial charge < -0.3 is 10.0 Å². The Balaban J connectivity index is 2.45. The van der Waals surface area contributed by atoms with Crippen LogP contribution in [0.5, 0.6) is 0 Å². The number of hydrogen-bond donors (Lipinski definition) is 1. The number of aliphatic carboxylic acids is 1. The second-order valence-electron chi connectivity index (χ2n) is 4.13. The van der Waals surface area contributed by atoms with E-state index in [1.54, 1.807) is 0 Å². The van der Waals surface area contributed by atoms with Gasteiger partial charge in [0, 0.05) is 13.5 Å². The molecule has 0 radical (unpaired) electrons. The average Bonchev–Trinajstić information content (AvgIpc) is 2.25. The van der Waals surface area contributed by atoms with Crippen molar-refractivity contribution in [3.8, 4) is 0 Å². The molecular formula is C13H17NO3. The zero-order chi connectivity index (χ0) is 12.8. The number of likely N-dealkylation sites (N-methyl/N-ethyl adjacent to an activating group) is 1. The summed E-state index contributed by atoms with van der Waals surface area (Å²) >= 11 is 0. The van der Waals surface area contributed by atoms with E-state index >= 15 is 0 Å². The topological polar surface area (TPSA) is 57.6 Å². The first-order valence-electron chi connectivity index (χ1n) is 5.50. The molecule has 1 aromatic rings. The zero-order valence-corrected chi connectivity index (χ0v) is 10.1. The summed E-state index contributed by atoms with van der Waals surface area (Å²) in [6.07, 6.45) is 0.984. The maximum absolute atomic E-state index is 11.6. The fraction of sp³-hybridized carbons (Fsp3) is 0.385. The van der Waals surface area contributed by atoms with Crippen LogP contribution in [0.4, 0.5) is 0 Å². The molecule has 1 N–H and O–H groups in total. The monoisotopic (exact) mass is 235 g/mol. The number of carbonyl (C=O) groups is 2. The van der Waals surface area contributed by atoms with Crippen LogP contribution in [-0.2, 0) is 16.0 Å². The third-order valence-electron chi connectivity index (χ3n) is 2.51. The van der Waals surface area contributed by atoms with Crippen LogP contribution >= 0.6 is 0 Å². The Morgan fingerprint density at radius 2 is 2.06 bits per heavy atom. The Kier molecular flexibility index (Phi) is 4.69. The van der Waals surface area contributed by atoms with E-state index < -0.39 is 5.97 Å². The number of nitrogens with zero attached hydrogens (tertiary/aromatic N) is 1. The van der Waals surface area contributed by atoms with Crippen molar-refractivity contribution in [2.24, 2.45) is 0 Å². The van der Waals surface area contributed by atoms with Gasteiger partial charge in [-0.2, -0.15) is 0 Å². The van der Waals surface area contributed by atoms with E-state index in [1.807, 2.05) is 31.2 Å². The van der Waals surface area contributed by atoms with Crippen molar-refractivity contribution in [2.45, 2.75) is 19.8 Å². The first-order chi connectivity index (χ1) is 7.99. The number of hydrogen-bond acceptors (Lipinski definition) is 2. The maximum Gasteiger partial charge on any atom is 0.323 e. The summed E-state index contributed by atoms with van der Waals surface area (Å²) < 4.78 is 0. The predicted octanol–water partition coefficient (Wildman–Crippen LogP) is 1.47. The highest BCUT2D eigenvalue weighted by Gasteiger charge is 2.11. The molecule has 0 atom stereocenters. The van der Waals surface area contributed by atoms with Gasteiger partial charge in [0.05, 0.1) is 0 Å². The van der Waals surface area contributed by atoms with Crippen molar-refractivity contribution >= 4 is 11.9 Å². The maximum atomic E-state index is 11.6. The molecule has 1 aromatic carbocycles. The van der Waals surface area contributed by atoms with Crippen LogP contribution in [0.3, 0.4) is 0 Å². The minimum Gasteiger partial charge on any atom is -0.480 e. The molecule has 0 saturated heterocycles. The van der Waals surface area contributed by atoms with Gasteiger partial charge in [0.2, 0.25) is 5.91 Å². The van der Waals surface area contributed by atoms with E-state index in [9.17, 15) is 9.59 Å². The fourth-order valence-corrected chi connectivity index (χ4v) is 1.60. The Hall–Kier alpha value is -1.84. The molecule has 92 valence electrons. The number of benzene rings is 1. The van der Waals surface area contributed by atoms with Gasteiger partial charge in [0.15, 0.2) is 0 Å². The lowest BCUT2D eigenvalue weighted by Crippen LogP contribution is -2.32. The van der Waals surface area contributed by atoms with Gasteiger partial charge in [-0.15, -0.1) is 0 Å². The van der Waals surface area contributed by atoms with Crippen LogP contribution in [0, 0.1) is 6.92 Å². The van der Waals surface area contributed by atoms with Crippen molar-refractivity contribution < 1.29 is 14.7 Å². The van der Waals surface area contributed by atoms with E-state index in [0.29, 0.717) is 12.8 Å². The van der Waals surface area contributed by atoms with Crippen LogP contribution in [0.25, 0.3) is 0 Å². The molecule has 0 bridgehead atoms. The molecule has 0 spiro atoms. The van der Waals surface area contributed by atoms with Crippen molar-refractivity contribution in [2.75, 3.05) is 13.6 Å². The van der Waals surface area contributed by atoms with Gasteiger partial charge in [0.25, 0.3) is 0 Å². The molecule has 0 heterocycles. The molecule has 1 amide bonds. The number of aryl methyl sites for hydroxylation is 2. The first kappa shape index (κ1) is 13.2. The van der Waals surface area contributed by atoms with Crippen molar-refractivity contribution in [3.05, 3.63) is 35.4 Å². The van der Waals surface area contributed by atoms with Crippen molar-refractivity contribution in [1.29, 1.82) is 0 Å². The SMILES string of the molecule is Cc1cccc(CCC(=O)N(C)CC(=O)O)c1. The quantitative estimate of drug-likeness (QED) is 0.840. The number of carboxylic acid groups (broad SMARTS) is 1. The van der Waals surface area contributed by atoms with E-state index in [1.165, 1.54) is 11.9 Å². The summed E-state index contributed by atoms with van der Waals surface area (Å²) in [6.45, 7) is 1.76. The predicted molar refractivity (Wildman–Crippen MR) is 64.8 cm³/mol. The molecule has 0 aromatic heterocycles.